The molecule has 0 fully saturated rings. The molecule has 2 N–H and O–H groups in total. The Kier molecular flexibility index (Phi) is 4.99. The average molecular weight is 423 g/mol. The van der Waals surface area contributed by atoms with Gasteiger partial charge in [0.05, 0.1) is 5.69 Å². The molecule has 0 aliphatic carbocycles. The number of nitrogens with one attached hydrogen (secondary N) is 2. The first kappa shape index (κ1) is 18.7. The first-order valence-corrected chi connectivity index (χ1v) is 10.7. The quantitative estimate of drug-likeness (QED) is 0.484. The van der Waals surface area contributed by atoms with Crippen molar-refractivity contribution < 1.29 is 13.2 Å². The van der Waals surface area contributed by atoms with E-state index in [1.54, 1.807) is 54.0 Å². The molecule has 0 atom stereocenters. The van der Waals surface area contributed by atoms with Gasteiger partial charge >= 0.3 is 0 Å². The van der Waals surface area contributed by atoms with E-state index in [1.807, 2.05) is 0 Å². The van der Waals surface area contributed by atoms with Crippen LogP contribution in [0.5, 0.6) is 11.5 Å². The van der Waals surface area contributed by atoms with Crippen molar-refractivity contribution in [2.45, 2.75) is 4.90 Å². The van der Waals surface area contributed by atoms with Crippen LogP contribution in [0.4, 0.5) is 5.13 Å². The average Bonchev–Trinajstić information content (AvgIpc) is 3.42. The summed E-state index contributed by atoms with van der Waals surface area (Å²) in [6.07, 6.45) is 3.04. The predicted octanol–water partition coefficient (Wildman–Crippen LogP) is 4.00. The molecule has 0 bridgehead atoms. The van der Waals surface area contributed by atoms with E-state index in [1.165, 1.54) is 12.3 Å². The van der Waals surface area contributed by atoms with Gasteiger partial charge in [-0.15, -0.1) is 11.3 Å². The Morgan fingerprint density at radius 2 is 1.93 bits per heavy atom. The van der Waals surface area contributed by atoms with Crippen LogP contribution in [0.1, 0.15) is 5.56 Å². The Bertz CT molecular complexity index is 1260. The zero-order chi connectivity index (χ0) is 20.3. The number of aromatic nitrogens is 3. The highest BCUT2D eigenvalue weighted by Crippen LogP contribution is 2.38. The van der Waals surface area contributed by atoms with Gasteiger partial charge in [-0.1, -0.05) is 18.2 Å². The molecule has 8 nitrogen and oxygen atoms in total. The Balaban J connectivity index is 1.89. The summed E-state index contributed by atoms with van der Waals surface area (Å²) < 4.78 is 34.3. The number of thiazole rings is 1. The maximum absolute atomic E-state index is 13.0. The van der Waals surface area contributed by atoms with Crippen molar-refractivity contribution in [2.75, 3.05) is 4.72 Å². The van der Waals surface area contributed by atoms with Crippen LogP contribution in [0, 0.1) is 11.3 Å². The molecular weight excluding hydrogens is 410 g/mol. The molecule has 2 heterocycles. The summed E-state index contributed by atoms with van der Waals surface area (Å²) in [6, 6.07) is 15.3. The van der Waals surface area contributed by atoms with Crippen LogP contribution in [0.15, 0.2) is 71.2 Å². The van der Waals surface area contributed by atoms with Crippen molar-refractivity contribution in [3.63, 3.8) is 0 Å². The molecule has 144 valence electrons. The molecule has 2 aromatic heterocycles. The summed E-state index contributed by atoms with van der Waals surface area (Å²) in [5.41, 5.74) is 1.11. The number of rotatable bonds is 6. The van der Waals surface area contributed by atoms with Crippen molar-refractivity contribution in [1.29, 1.82) is 5.26 Å². The lowest BCUT2D eigenvalue weighted by molar-refractivity contribution is 0.466. The zero-order valence-corrected chi connectivity index (χ0v) is 16.4. The highest BCUT2D eigenvalue weighted by molar-refractivity contribution is 7.93. The Labute approximate surface area is 170 Å². The van der Waals surface area contributed by atoms with E-state index >= 15 is 0 Å². The van der Waals surface area contributed by atoms with Crippen LogP contribution in [-0.4, -0.2) is 23.6 Å². The second-order valence-electron chi connectivity index (χ2n) is 5.76. The number of sulfonamides is 1. The summed E-state index contributed by atoms with van der Waals surface area (Å²) in [7, 11) is -4.06. The topological polar surface area (TPSA) is 121 Å². The van der Waals surface area contributed by atoms with Gasteiger partial charge in [0.1, 0.15) is 22.3 Å². The molecule has 29 heavy (non-hydrogen) atoms. The highest BCUT2D eigenvalue weighted by atomic mass is 32.2. The number of benzene rings is 2. The fourth-order valence-electron chi connectivity index (χ4n) is 2.67. The number of aromatic amines is 1. The van der Waals surface area contributed by atoms with Crippen LogP contribution in [0.2, 0.25) is 0 Å². The molecule has 0 amide bonds. The second-order valence-corrected chi connectivity index (χ2v) is 8.30. The van der Waals surface area contributed by atoms with Crippen molar-refractivity contribution in [1.82, 2.24) is 15.2 Å². The van der Waals surface area contributed by atoms with Gasteiger partial charge in [-0.2, -0.15) is 10.4 Å². The largest absolute Gasteiger partial charge is 0.455 e. The maximum Gasteiger partial charge on any atom is 0.267 e. The summed E-state index contributed by atoms with van der Waals surface area (Å²) in [5.74, 6) is 0.325. The van der Waals surface area contributed by atoms with Gasteiger partial charge in [0.25, 0.3) is 10.0 Å². The minimum Gasteiger partial charge on any atom is -0.455 e. The number of nitriles is 1. The smallest absolute Gasteiger partial charge is 0.267 e. The van der Waals surface area contributed by atoms with Gasteiger partial charge in [0.2, 0.25) is 0 Å². The molecule has 0 spiro atoms. The van der Waals surface area contributed by atoms with Crippen LogP contribution in [0.3, 0.4) is 0 Å². The van der Waals surface area contributed by atoms with Gasteiger partial charge in [0, 0.05) is 23.3 Å². The van der Waals surface area contributed by atoms with E-state index in [9.17, 15) is 13.7 Å². The van der Waals surface area contributed by atoms with Gasteiger partial charge in [-0.05, 0) is 30.3 Å². The lowest BCUT2D eigenvalue weighted by Crippen LogP contribution is -2.14. The van der Waals surface area contributed by atoms with E-state index in [4.69, 9.17) is 4.74 Å². The Morgan fingerprint density at radius 1 is 1.10 bits per heavy atom. The van der Waals surface area contributed by atoms with Crippen LogP contribution in [-0.2, 0) is 10.0 Å². The van der Waals surface area contributed by atoms with Crippen molar-refractivity contribution in [2.24, 2.45) is 0 Å². The normalized spacial score (nSPS) is 11.0. The predicted molar refractivity (Wildman–Crippen MR) is 108 cm³/mol. The van der Waals surface area contributed by atoms with Crippen LogP contribution >= 0.6 is 11.3 Å². The zero-order valence-electron chi connectivity index (χ0n) is 14.7. The number of anilines is 1. The van der Waals surface area contributed by atoms with E-state index in [0.717, 1.165) is 11.3 Å². The molecule has 10 heteroatoms. The molecule has 4 aromatic rings. The van der Waals surface area contributed by atoms with Crippen molar-refractivity contribution in [3.05, 3.63) is 71.9 Å². The van der Waals surface area contributed by atoms with E-state index in [0.29, 0.717) is 17.0 Å². The summed E-state index contributed by atoms with van der Waals surface area (Å²) >= 11 is 1.14. The number of ether oxygens (including phenoxy) is 1. The molecule has 0 aliphatic heterocycles. The number of hydrogen-bond donors (Lipinski definition) is 2. The van der Waals surface area contributed by atoms with E-state index < -0.39 is 10.0 Å². The van der Waals surface area contributed by atoms with Crippen molar-refractivity contribution >= 4 is 26.5 Å². The third-order valence-electron chi connectivity index (χ3n) is 3.93. The highest BCUT2D eigenvalue weighted by Gasteiger charge is 2.26. The molecule has 0 saturated carbocycles. The SMILES string of the molecule is N#Cc1c(-c2ccn[nH]2)ccc(S(=O)(=O)Nc2nccs2)c1Oc1ccccc1. The van der Waals surface area contributed by atoms with E-state index in [2.05, 4.69) is 26.0 Å². The van der Waals surface area contributed by atoms with Gasteiger partial charge in [-0.3, -0.25) is 9.82 Å². The lowest BCUT2D eigenvalue weighted by atomic mass is 10.0. The number of para-hydroxylation sites is 1. The number of H-pyrrole nitrogens is 1. The molecule has 0 saturated heterocycles. The summed E-state index contributed by atoms with van der Waals surface area (Å²) in [5, 5.41) is 18.4. The molecule has 0 aliphatic rings. The minimum atomic E-state index is -4.06. The Morgan fingerprint density at radius 3 is 2.59 bits per heavy atom. The van der Waals surface area contributed by atoms with Gasteiger partial charge < -0.3 is 4.74 Å². The molecular formula is C19H13N5O3S2. The fraction of sp³-hybridized carbons (Fsp3) is 0. The second kappa shape index (κ2) is 7.75. The van der Waals surface area contributed by atoms with Crippen LogP contribution in [0.25, 0.3) is 11.3 Å². The lowest BCUT2D eigenvalue weighted by Gasteiger charge is -2.15. The standard InChI is InChI=1S/C19H13N5O3S2/c20-12-15-14(16-8-9-22-23-16)6-7-17(18(15)27-13-4-2-1-3-5-13)29(25,26)24-19-21-10-11-28-19/h1-11H,(H,21,24)(H,22,23). The molecule has 4 rings (SSSR count). The first-order valence-electron chi connectivity index (χ1n) is 8.30. The first-order chi connectivity index (χ1) is 14.1. The molecule has 2 aromatic carbocycles. The summed E-state index contributed by atoms with van der Waals surface area (Å²) in [4.78, 5) is 3.78. The van der Waals surface area contributed by atoms with Crippen molar-refractivity contribution in [3.8, 4) is 28.8 Å². The molecule has 0 radical (unpaired) electrons. The van der Waals surface area contributed by atoms with Gasteiger partial charge in [0.15, 0.2) is 10.9 Å². The maximum atomic E-state index is 13.0. The number of nitrogens with zero attached hydrogens (tertiary/aromatic N) is 3. The third kappa shape index (κ3) is 3.82. The monoisotopic (exact) mass is 423 g/mol. The van der Waals surface area contributed by atoms with Crippen LogP contribution < -0.4 is 9.46 Å². The summed E-state index contributed by atoms with van der Waals surface area (Å²) in [6.45, 7) is 0. The van der Waals surface area contributed by atoms with E-state index in [-0.39, 0.29) is 21.3 Å². The Hall–Kier alpha value is -3.68. The number of hydrogen-bond acceptors (Lipinski definition) is 7. The minimum absolute atomic E-state index is 0.0696. The molecule has 0 unspecified atom stereocenters. The fourth-order valence-corrected chi connectivity index (χ4v) is 4.59. The third-order valence-corrected chi connectivity index (χ3v) is 6.11. The van der Waals surface area contributed by atoms with Gasteiger partial charge in [-0.25, -0.2) is 13.4 Å².